The molecule has 0 aromatic carbocycles. The van der Waals surface area contributed by atoms with E-state index in [1.807, 2.05) is 0 Å². The first kappa shape index (κ1) is 7.88. The minimum atomic E-state index is -2.73. The zero-order chi connectivity index (χ0) is 6.78. The highest BCUT2D eigenvalue weighted by Gasteiger charge is 2.21. The van der Waals surface area contributed by atoms with Crippen molar-refractivity contribution in [1.82, 2.24) is 0 Å². The minimum absolute atomic E-state index is 0.0301. The Labute approximate surface area is 48.6 Å². The fourth-order valence-electron chi connectivity index (χ4n) is 0.532. The van der Waals surface area contributed by atoms with Crippen molar-refractivity contribution in [2.75, 3.05) is 0 Å². The zero-order valence-corrected chi connectivity index (χ0v) is 5.09. The highest BCUT2D eigenvalue weighted by Crippen LogP contribution is 2.09. The van der Waals surface area contributed by atoms with Crippen LogP contribution >= 0.6 is 0 Å². The van der Waals surface area contributed by atoms with Crippen molar-refractivity contribution < 1.29 is 15.3 Å². The summed E-state index contributed by atoms with van der Waals surface area (Å²) in [4.78, 5) is 0. The quantitative estimate of drug-likeness (QED) is 0.506. The Balaban J connectivity index is 3.39. The molecule has 0 aromatic heterocycles. The minimum Gasteiger partial charge on any atom is -0.342 e. The Kier molecular flexibility index (Phi) is 2.40. The van der Waals surface area contributed by atoms with Gasteiger partial charge in [-0.25, -0.2) is 0 Å². The number of hydrogen-bond acceptors (Lipinski definition) is 2. The van der Waals surface area contributed by atoms with E-state index in [0.717, 1.165) is 0 Å². The molecule has 0 aliphatic carbocycles. The molecule has 0 heterocycles. The number of hydrogen-bond donors (Lipinski definition) is 2. The molecule has 3 heteroatoms. The molecular formula is C5H11O3. The zero-order valence-electron chi connectivity index (χ0n) is 5.09. The molecule has 0 rings (SSSR count). The van der Waals surface area contributed by atoms with Gasteiger partial charge in [-0.2, -0.15) is 5.11 Å². The van der Waals surface area contributed by atoms with E-state index >= 15 is 0 Å². The molecule has 0 spiro atoms. The molecule has 0 bridgehead atoms. The van der Waals surface area contributed by atoms with Crippen molar-refractivity contribution in [3.63, 3.8) is 0 Å². The van der Waals surface area contributed by atoms with Crippen LogP contribution in [0, 0.1) is 5.92 Å². The van der Waals surface area contributed by atoms with Crippen LogP contribution in [0.2, 0.25) is 0 Å². The predicted octanol–water partition coefficient (Wildman–Crippen LogP) is 0.101. The summed E-state index contributed by atoms with van der Waals surface area (Å²) in [6, 6.07) is 0. The van der Waals surface area contributed by atoms with Gasteiger partial charge in [0.2, 0.25) is 0 Å². The average molecular weight is 119 g/mol. The predicted molar refractivity (Wildman–Crippen MR) is 27.3 cm³/mol. The van der Waals surface area contributed by atoms with Gasteiger partial charge in [0, 0.05) is 6.42 Å². The van der Waals surface area contributed by atoms with Crippen LogP contribution in [0.5, 0.6) is 0 Å². The molecule has 0 aromatic rings. The van der Waals surface area contributed by atoms with E-state index in [1.165, 1.54) is 0 Å². The second-order valence-corrected chi connectivity index (χ2v) is 2.34. The summed E-state index contributed by atoms with van der Waals surface area (Å²) < 4.78 is 0. The van der Waals surface area contributed by atoms with Gasteiger partial charge in [0.05, 0.1) is 0 Å². The van der Waals surface area contributed by atoms with Crippen LogP contribution in [0.1, 0.15) is 20.3 Å². The van der Waals surface area contributed by atoms with E-state index in [4.69, 9.17) is 10.2 Å². The molecule has 0 saturated heterocycles. The van der Waals surface area contributed by atoms with Crippen molar-refractivity contribution in [3.8, 4) is 0 Å². The summed E-state index contributed by atoms with van der Waals surface area (Å²) >= 11 is 0. The van der Waals surface area contributed by atoms with Crippen molar-refractivity contribution >= 4 is 0 Å². The fourth-order valence-corrected chi connectivity index (χ4v) is 0.532. The molecule has 0 atom stereocenters. The third kappa shape index (κ3) is 5.88. The van der Waals surface area contributed by atoms with Crippen LogP contribution < -0.4 is 0 Å². The summed E-state index contributed by atoms with van der Waals surface area (Å²) in [6.45, 7) is 3.50. The lowest BCUT2D eigenvalue weighted by atomic mass is 10.1. The third-order valence-corrected chi connectivity index (χ3v) is 0.674. The summed E-state index contributed by atoms with van der Waals surface area (Å²) in [5.41, 5.74) is 0. The van der Waals surface area contributed by atoms with Crippen LogP contribution in [0.4, 0.5) is 0 Å². The fraction of sp³-hybridized carbons (Fsp3) is 1.00. The maximum Gasteiger partial charge on any atom is 0.307 e. The monoisotopic (exact) mass is 119 g/mol. The van der Waals surface area contributed by atoms with Gasteiger partial charge in [-0.05, 0) is 5.92 Å². The molecule has 0 amide bonds. The molecule has 0 saturated carbocycles. The van der Waals surface area contributed by atoms with Gasteiger partial charge >= 0.3 is 5.97 Å². The van der Waals surface area contributed by atoms with Crippen molar-refractivity contribution in [3.05, 3.63) is 0 Å². The highest BCUT2D eigenvalue weighted by atomic mass is 16.7. The molecule has 0 unspecified atom stereocenters. The normalized spacial score (nSPS) is 12.8. The Morgan fingerprint density at radius 1 is 1.50 bits per heavy atom. The van der Waals surface area contributed by atoms with Gasteiger partial charge < -0.3 is 10.2 Å². The summed E-state index contributed by atoms with van der Waals surface area (Å²) in [7, 11) is 0. The van der Waals surface area contributed by atoms with Gasteiger partial charge in [0.1, 0.15) is 0 Å². The molecule has 8 heavy (non-hydrogen) atoms. The first-order chi connectivity index (χ1) is 3.42. The average Bonchev–Trinajstić information content (AvgIpc) is 1.21. The lowest BCUT2D eigenvalue weighted by Gasteiger charge is -2.12. The third-order valence-electron chi connectivity index (χ3n) is 0.674. The maximum absolute atomic E-state index is 10.0. The highest BCUT2D eigenvalue weighted by molar-refractivity contribution is 4.50. The molecule has 2 N–H and O–H groups in total. The Bertz CT molecular complexity index is 62.6. The molecule has 0 aliphatic heterocycles. The van der Waals surface area contributed by atoms with E-state index in [-0.39, 0.29) is 12.3 Å². The molecule has 0 aliphatic rings. The van der Waals surface area contributed by atoms with Crippen LogP contribution in [-0.4, -0.2) is 16.2 Å². The van der Waals surface area contributed by atoms with E-state index in [0.29, 0.717) is 0 Å². The first-order valence-electron chi connectivity index (χ1n) is 2.57. The standard InChI is InChI=1S/C5H11O3/c1-4(2)3-5(6,7)8/h4,6-7H,3H2,1-2H3. The van der Waals surface area contributed by atoms with Gasteiger partial charge in [0.25, 0.3) is 0 Å². The molecule has 3 nitrogen and oxygen atoms in total. The molecular weight excluding hydrogens is 108 g/mol. The second-order valence-electron chi connectivity index (χ2n) is 2.34. The van der Waals surface area contributed by atoms with Gasteiger partial charge in [-0.1, -0.05) is 13.8 Å². The SMILES string of the molecule is CC(C)CC([O])(O)O. The van der Waals surface area contributed by atoms with E-state index < -0.39 is 5.97 Å². The Morgan fingerprint density at radius 3 is 1.88 bits per heavy atom. The Morgan fingerprint density at radius 2 is 1.88 bits per heavy atom. The van der Waals surface area contributed by atoms with Crippen LogP contribution in [0.3, 0.4) is 0 Å². The van der Waals surface area contributed by atoms with Gasteiger partial charge in [-0.15, -0.1) is 0 Å². The number of rotatable bonds is 2. The smallest absolute Gasteiger partial charge is 0.307 e. The largest absolute Gasteiger partial charge is 0.342 e. The lowest BCUT2D eigenvalue weighted by Crippen LogP contribution is -2.26. The van der Waals surface area contributed by atoms with E-state index in [9.17, 15) is 5.11 Å². The summed E-state index contributed by atoms with van der Waals surface area (Å²) in [6.07, 6.45) is -0.118. The first-order valence-corrected chi connectivity index (χ1v) is 2.57. The van der Waals surface area contributed by atoms with E-state index in [2.05, 4.69) is 0 Å². The van der Waals surface area contributed by atoms with E-state index in [1.54, 1.807) is 13.8 Å². The van der Waals surface area contributed by atoms with Crippen LogP contribution in [0.25, 0.3) is 0 Å². The van der Waals surface area contributed by atoms with Crippen molar-refractivity contribution in [1.29, 1.82) is 0 Å². The summed E-state index contributed by atoms with van der Waals surface area (Å²) in [5.74, 6) is -2.70. The summed E-state index contributed by atoms with van der Waals surface area (Å²) in [5, 5.41) is 26.4. The molecule has 49 valence electrons. The molecule has 1 radical (unpaired) electrons. The lowest BCUT2D eigenvalue weighted by molar-refractivity contribution is -0.351. The van der Waals surface area contributed by atoms with Gasteiger partial charge in [0.15, 0.2) is 0 Å². The molecule has 0 fully saturated rings. The van der Waals surface area contributed by atoms with Crippen LogP contribution in [0.15, 0.2) is 0 Å². The van der Waals surface area contributed by atoms with Gasteiger partial charge in [-0.3, -0.25) is 0 Å². The van der Waals surface area contributed by atoms with Crippen molar-refractivity contribution in [2.24, 2.45) is 5.92 Å². The maximum atomic E-state index is 10.0. The second kappa shape index (κ2) is 2.44. The topological polar surface area (TPSA) is 60.4 Å². The Hall–Kier alpha value is -0.120. The van der Waals surface area contributed by atoms with Crippen LogP contribution in [-0.2, 0) is 5.11 Å². The number of aliphatic hydroxyl groups is 2. The van der Waals surface area contributed by atoms with Crippen molar-refractivity contribution in [2.45, 2.75) is 26.2 Å².